The molecule has 0 heterocycles. The first kappa shape index (κ1) is 15.9. The molecule has 0 aromatic carbocycles. The lowest BCUT2D eigenvalue weighted by molar-refractivity contribution is -0.131. The molecule has 0 fully saturated rings. The van der Waals surface area contributed by atoms with Gasteiger partial charge < -0.3 is 10.1 Å². The van der Waals surface area contributed by atoms with Crippen molar-refractivity contribution in [3.05, 3.63) is 0 Å². The largest absolute Gasteiger partial charge is 0.444 e. The summed E-state index contributed by atoms with van der Waals surface area (Å²) in [5.41, 5.74) is -0.661. The molecule has 100 valence electrons. The average Bonchev–Trinajstić information content (AvgIpc) is 2.08. The van der Waals surface area contributed by atoms with E-state index < -0.39 is 23.8 Å². The van der Waals surface area contributed by atoms with E-state index in [2.05, 4.69) is 5.32 Å². The van der Waals surface area contributed by atoms with Crippen molar-refractivity contribution in [1.82, 2.24) is 5.32 Å². The van der Waals surface area contributed by atoms with Crippen molar-refractivity contribution >= 4 is 12.1 Å². The predicted octanol–water partition coefficient (Wildman–Crippen LogP) is 2.81. The van der Waals surface area contributed by atoms with E-state index in [4.69, 9.17) is 4.74 Å². The number of halogens is 1. The molecule has 0 bridgehead atoms. The summed E-state index contributed by atoms with van der Waals surface area (Å²) in [6.07, 6.45) is 0.180. The molecule has 1 amide bonds. The lowest BCUT2D eigenvalue weighted by atomic mass is 10.0. The summed E-state index contributed by atoms with van der Waals surface area (Å²) in [7, 11) is 0. The van der Waals surface area contributed by atoms with E-state index in [0.717, 1.165) is 0 Å². The van der Waals surface area contributed by atoms with Gasteiger partial charge in [0.2, 0.25) is 0 Å². The number of alkyl carbamates (subject to hydrolysis) is 1. The monoisotopic (exact) mass is 247 g/mol. The third-order valence-corrected chi connectivity index (χ3v) is 2.00. The van der Waals surface area contributed by atoms with E-state index >= 15 is 0 Å². The summed E-state index contributed by atoms with van der Waals surface area (Å²) >= 11 is 0. The molecule has 1 unspecified atom stereocenters. The van der Waals surface area contributed by atoms with Crippen LogP contribution in [0.25, 0.3) is 0 Å². The molecule has 0 aliphatic rings. The lowest BCUT2D eigenvalue weighted by Crippen LogP contribution is -2.42. The molecular formula is C12H22FNO3. The van der Waals surface area contributed by atoms with Gasteiger partial charge in [-0.2, -0.15) is 4.39 Å². The number of rotatable bonds is 5. The van der Waals surface area contributed by atoms with Gasteiger partial charge in [-0.3, -0.25) is 4.79 Å². The van der Waals surface area contributed by atoms with Gasteiger partial charge in [-0.25, -0.2) is 4.79 Å². The standard InChI is InChI=1S/C12H22FNO3/c1-8(2)6-7-9(10(13)15)14-11(16)17-12(3,4)5/h8-9H,6-7H2,1-5H3,(H,14,16). The molecule has 5 heteroatoms. The number of amides is 1. The van der Waals surface area contributed by atoms with Gasteiger partial charge in [0, 0.05) is 0 Å². The Bertz CT molecular complexity index is 271. The number of hydrogen-bond donors (Lipinski definition) is 1. The zero-order valence-corrected chi connectivity index (χ0v) is 11.2. The maximum Gasteiger partial charge on any atom is 0.408 e. The zero-order chi connectivity index (χ0) is 13.6. The fourth-order valence-corrected chi connectivity index (χ4v) is 1.19. The molecule has 0 aromatic rings. The van der Waals surface area contributed by atoms with E-state index in [9.17, 15) is 14.0 Å². The van der Waals surface area contributed by atoms with Crippen LogP contribution in [0.5, 0.6) is 0 Å². The highest BCUT2D eigenvalue weighted by Gasteiger charge is 2.24. The van der Waals surface area contributed by atoms with Crippen molar-refractivity contribution in [2.45, 2.75) is 59.1 Å². The van der Waals surface area contributed by atoms with Crippen LogP contribution in [0.2, 0.25) is 0 Å². The third kappa shape index (κ3) is 8.65. The normalized spacial score (nSPS) is 13.4. The Balaban J connectivity index is 4.26. The minimum atomic E-state index is -1.53. The van der Waals surface area contributed by atoms with Crippen molar-refractivity contribution in [2.75, 3.05) is 0 Å². The second-order valence-corrected chi connectivity index (χ2v) is 5.47. The Morgan fingerprint density at radius 2 is 1.76 bits per heavy atom. The van der Waals surface area contributed by atoms with Crippen LogP contribution in [0.4, 0.5) is 9.18 Å². The van der Waals surface area contributed by atoms with Gasteiger partial charge in [-0.05, 0) is 39.5 Å². The number of carbonyl (C=O) groups excluding carboxylic acids is 2. The predicted molar refractivity (Wildman–Crippen MR) is 63.3 cm³/mol. The Morgan fingerprint density at radius 3 is 2.12 bits per heavy atom. The summed E-state index contributed by atoms with van der Waals surface area (Å²) in [6, 6.07) is -2.64. The van der Waals surface area contributed by atoms with E-state index in [0.29, 0.717) is 12.3 Å². The van der Waals surface area contributed by atoms with Gasteiger partial charge in [0.25, 0.3) is 0 Å². The van der Waals surface area contributed by atoms with E-state index in [1.165, 1.54) is 0 Å². The number of ether oxygens (including phenoxy) is 1. The third-order valence-electron chi connectivity index (χ3n) is 2.00. The van der Waals surface area contributed by atoms with Crippen LogP contribution in [-0.4, -0.2) is 23.8 Å². The molecule has 0 saturated carbocycles. The maximum atomic E-state index is 12.7. The molecule has 0 spiro atoms. The number of carbonyl (C=O) groups is 2. The molecule has 0 aromatic heterocycles. The summed E-state index contributed by atoms with van der Waals surface area (Å²) in [5.74, 6) is 0.345. The van der Waals surface area contributed by atoms with Crippen molar-refractivity contribution in [3.63, 3.8) is 0 Å². The first-order chi connectivity index (χ1) is 7.61. The summed E-state index contributed by atoms with van der Waals surface area (Å²) in [6.45, 7) is 9.04. The van der Waals surface area contributed by atoms with Crippen LogP contribution >= 0.6 is 0 Å². The number of nitrogens with one attached hydrogen (secondary N) is 1. The van der Waals surface area contributed by atoms with Gasteiger partial charge in [-0.15, -0.1) is 0 Å². The Kier molecular flexibility index (Phi) is 6.13. The molecule has 0 aliphatic heterocycles. The topological polar surface area (TPSA) is 55.4 Å². The minimum Gasteiger partial charge on any atom is -0.444 e. The highest BCUT2D eigenvalue weighted by molar-refractivity contribution is 5.80. The van der Waals surface area contributed by atoms with Crippen LogP contribution in [-0.2, 0) is 9.53 Å². The molecule has 0 rings (SSSR count). The summed E-state index contributed by atoms with van der Waals surface area (Å²) in [5, 5.41) is 2.24. The van der Waals surface area contributed by atoms with Crippen LogP contribution in [0.3, 0.4) is 0 Å². The van der Waals surface area contributed by atoms with E-state index in [1.54, 1.807) is 20.8 Å². The second kappa shape index (κ2) is 6.57. The van der Waals surface area contributed by atoms with Crippen molar-refractivity contribution in [2.24, 2.45) is 5.92 Å². The van der Waals surface area contributed by atoms with E-state index in [1.807, 2.05) is 13.8 Å². The lowest BCUT2D eigenvalue weighted by Gasteiger charge is -2.22. The molecular weight excluding hydrogens is 225 g/mol. The van der Waals surface area contributed by atoms with Gasteiger partial charge in [0.05, 0.1) is 0 Å². The van der Waals surface area contributed by atoms with Gasteiger partial charge in [0.1, 0.15) is 11.6 Å². The zero-order valence-electron chi connectivity index (χ0n) is 11.2. The van der Waals surface area contributed by atoms with Crippen LogP contribution in [0, 0.1) is 5.92 Å². The first-order valence-corrected chi connectivity index (χ1v) is 5.80. The summed E-state index contributed by atoms with van der Waals surface area (Å²) in [4.78, 5) is 22.1. The van der Waals surface area contributed by atoms with Crippen LogP contribution in [0.15, 0.2) is 0 Å². The summed E-state index contributed by atoms with van der Waals surface area (Å²) < 4.78 is 17.7. The van der Waals surface area contributed by atoms with Gasteiger partial charge in [0.15, 0.2) is 0 Å². The fourth-order valence-electron chi connectivity index (χ4n) is 1.19. The highest BCUT2D eigenvalue weighted by Crippen LogP contribution is 2.10. The van der Waals surface area contributed by atoms with E-state index in [-0.39, 0.29) is 6.42 Å². The fraction of sp³-hybridized carbons (Fsp3) is 0.833. The van der Waals surface area contributed by atoms with Crippen molar-refractivity contribution < 1.29 is 18.7 Å². The average molecular weight is 247 g/mol. The van der Waals surface area contributed by atoms with Crippen molar-refractivity contribution in [3.8, 4) is 0 Å². The Morgan fingerprint density at radius 1 is 1.24 bits per heavy atom. The molecule has 0 radical (unpaired) electrons. The molecule has 0 aliphatic carbocycles. The minimum absolute atomic E-state index is 0.284. The quantitative estimate of drug-likeness (QED) is 0.760. The van der Waals surface area contributed by atoms with Gasteiger partial charge >= 0.3 is 12.1 Å². The maximum absolute atomic E-state index is 12.7. The van der Waals surface area contributed by atoms with Crippen LogP contribution < -0.4 is 5.32 Å². The Labute approximate surface area is 102 Å². The second-order valence-electron chi connectivity index (χ2n) is 5.47. The SMILES string of the molecule is CC(C)CCC(NC(=O)OC(C)(C)C)C(=O)F. The highest BCUT2D eigenvalue weighted by atomic mass is 19.1. The van der Waals surface area contributed by atoms with Gasteiger partial charge in [-0.1, -0.05) is 13.8 Å². The smallest absolute Gasteiger partial charge is 0.408 e. The molecule has 0 saturated heterocycles. The van der Waals surface area contributed by atoms with Crippen LogP contribution in [0.1, 0.15) is 47.5 Å². The Hall–Kier alpha value is -1.13. The number of hydrogen-bond acceptors (Lipinski definition) is 3. The molecule has 17 heavy (non-hydrogen) atoms. The van der Waals surface area contributed by atoms with Crippen molar-refractivity contribution in [1.29, 1.82) is 0 Å². The first-order valence-electron chi connectivity index (χ1n) is 5.80. The molecule has 4 nitrogen and oxygen atoms in total. The molecule has 1 N–H and O–H groups in total. The molecule has 1 atom stereocenters.